The van der Waals surface area contributed by atoms with Gasteiger partial charge in [0.05, 0.1) is 12.0 Å². The number of hydrogen-bond acceptors (Lipinski definition) is 4. The van der Waals surface area contributed by atoms with Gasteiger partial charge in [-0.3, -0.25) is 0 Å². The molecule has 0 bridgehead atoms. The highest BCUT2D eigenvalue weighted by atomic mass is 32.2. The number of rotatable bonds is 4. The molecule has 1 aromatic carbocycles. The third kappa shape index (κ3) is 2.21. The van der Waals surface area contributed by atoms with E-state index in [1.807, 2.05) is 7.05 Å². The van der Waals surface area contributed by atoms with Gasteiger partial charge < -0.3 is 10.1 Å². The molecule has 0 radical (unpaired) electrons. The SMILES string of the molecule is CNCCC1=CS(=O)(=O)c2cc(OC)ccc21. The lowest BCUT2D eigenvalue weighted by Gasteiger charge is -2.06. The highest BCUT2D eigenvalue weighted by Crippen LogP contribution is 2.36. The molecule has 0 atom stereocenters. The number of nitrogens with one attached hydrogen (secondary N) is 1. The van der Waals surface area contributed by atoms with Gasteiger partial charge in [-0.1, -0.05) is 0 Å². The third-order valence-electron chi connectivity index (χ3n) is 2.78. The zero-order valence-corrected chi connectivity index (χ0v) is 10.7. The molecule has 92 valence electrons. The van der Waals surface area contributed by atoms with Gasteiger partial charge in [-0.25, -0.2) is 8.42 Å². The van der Waals surface area contributed by atoms with E-state index in [0.29, 0.717) is 17.1 Å². The monoisotopic (exact) mass is 253 g/mol. The summed E-state index contributed by atoms with van der Waals surface area (Å²) in [6, 6.07) is 5.17. The van der Waals surface area contributed by atoms with Crippen molar-refractivity contribution < 1.29 is 13.2 Å². The number of sulfone groups is 1. The van der Waals surface area contributed by atoms with Crippen LogP contribution in [0, 0.1) is 0 Å². The highest BCUT2D eigenvalue weighted by molar-refractivity contribution is 7.95. The Kier molecular flexibility index (Phi) is 3.22. The fourth-order valence-electron chi connectivity index (χ4n) is 1.90. The van der Waals surface area contributed by atoms with Crippen LogP contribution in [0.2, 0.25) is 0 Å². The second-order valence-electron chi connectivity index (χ2n) is 3.90. The van der Waals surface area contributed by atoms with E-state index in [0.717, 1.165) is 17.7 Å². The second-order valence-corrected chi connectivity index (χ2v) is 5.67. The topological polar surface area (TPSA) is 55.4 Å². The summed E-state index contributed by atoms with van der Waals surface area (Å²) in [6.45, 7) is 0.757. The van der Waals surface area contributed by atoms with Crippen LogP contribution in [0.5, 0.6) is 5.75 Å². The largest absolute Gasteiger partial charge is 0.497 e. The molecule has 0 amide bonds. The van der Waals surface area contributed by atoms with Crippen molar-refractivity contribution in [1.29, 1.82) is 0 Å². The van der Waals surface area contributed by atoms with Gasteiger partial charge in [0, 0.05) is 5.41 Å². The molecule has 0 saturated carbocycles. The first-order chi connectivity index (χ1) is 8.08. The first-order valence-corrected chi connectivity index (χ1v) is 6.92. The van der Waals surface area contributed by atoms with Gasteiger partial charge in [-0.05, 0) is 49.3 Å². The molecule has 0 aliphatic carbocycles. The molecule has 1 aliphatic heterocycles. The zero-order chi connectivity index (χ0) is 12.5. The molecule has 1 aliphatic rings. The predicted octanol–water partition coefficient (Wildman–Crippen LogP) is 1.43. The minimum absolute atomic E-state index is 0.350. The number of fused-ring (bicyclic) bond motifs is 1. The van der Waals surface area contributed by atoms with E-state index >= 15 is 0 Å². The summed E-state index contributed by atoms with van der Waals surface area (Å²) in [5.74, 6) is 0.565. The first-order valence-electron chi connectivity index (χ1n) is 5.37. The van der Waals surface area contributed by atoms with Crippen LogP contribution in [-0.2, 0) is 9.84 Å². The van der Waals surface area contributed by atoms with E-state index in [1.165, 1.54) is 12.5 Å². The van der Waals surface area contributed by atoms with Crippen LogP contribution < -0.4 is 10.1 Å². The lowest BCUT2D eigenvalue weighted by atomic mass is 10.0. The number of benzene rings is 1. The Bertz CT molecular complexity index is 561. The smallest absolute Gasteiger partial charge is 0.200 e. The maximum absolute atomic E-state index is 11.9. The zero-order valence-electron chi connectivity index (χ0n) is 9.86. The minimum atomic E-state index is -3.29. The van der Waals surface area contributed by atoms with Crippen molar-refractivity contribution in [1.82, 2.24) is 5.32 Å². The Labute approximate surface area is 101 Å². The van der Waals surface area contributed by atoms with Crippen molar-refractivity contribution in [3.05, 3.63) is 29.2 Å². The Morgan fingerprint density at radius 2 is 2.12 bits per heavy atom. The van der Waals surface area contributed by atoms with Crippen LogP contribution in [0.3, 0.4) is 0 Å². The first kappa shape index (κ1) is 12.1. The van der Waals surface area contributed by atoms with Crippen molar-refractivity contribution in [2.75, 3.05) is 20.7 Å². The average Bonchev–Trinajstić information content (AvgIpc) is 2.58. The van der Waals surface area contributed by atoms with Gasteiger partial charge in [0.15, 0.2) is 0 Å². The summed E-state index contributed by atoms with van der Waals surface area (Å²) < 4.78 is 28.9. The van der Waals surface area contributed by atoms with E-state index in [-0.39, 0.29) is 0 Å². The van der Waals surface area contributed by atoms with Crippen molar-refractivity contribution in [3.63, 3.8) is 0 Å². The van der Waals surface area contributed by atoms with Gasteiger partial charge in [0.2, 0.25) is 9.84 Å². The van der Waals surface area contributed by atoms with Crippen LogP contribution in [-0.4, -0.2) is 29.1 Å². The molecule has 4 nitrogen and oxygen atoms in total. The standard InChI is InChI=1S/C12H15NO3S/c1-13-6-5-9-8-17(14,15)12-7-10(16-2)3-4-11(9)12/h3-4,7-8,13H,5-6H2,1-2H3. The van der Waals surface area contributed by atoms with Gasteiger partial charge in [-0.2, -0.15) is 0 Å². The van der Waals surface area contributed by atoms with Crippen molar-refractivity contribution >= 4 is 15.4 Å². The van der Waals surface area contributed by atoms with E-state index < -0.39 is 9.84 Å². The second kappa shape index (κ2) is 4.50. The van der Waals surface area contributed by atoms with Crippen LogP contribution in [0.4, 0.5) is 0 Å². The lowest BCUT2D eigenvalue weighted by Crippen LogP contribution is -2.07. The molecule has 0 spiro atoms. The number of hydrogen-bond donors (Lipinski definition) is 1. The number of methoxy groups -OCH3 is 1. The van der Waals surface area contributed by atoms with Gasteiger partial charge in [-0.15, -0.1) is 0 Å². The highest BCUT2D eigenvalue weighted by Gasteiger charge is 2.26. The molecule has 0 saturated heterocycles. The summed E-state index contributed by atoms with van der Waals surface area (Å²) in [4.78, 5) is 0.350. The Hall–Kier alpha value is -1.33. The predicted molar refractivity (Wildman–Crippen MR) is 66.7 cm³/mol. The Morgan fingerprint density at radius 1 is 1.35 bits per heavy atom. The summed E-state index contributed by atoms with van der Waals surface area (Å²) in [6.07, 6.45) is 0.703. The van der Waals surface area contributed by atoms with E-state index in [2.05, 4.69) is 5.32 Å². The van der Waals surface area contributed by atoms with Crippen LogP contribution in [0.25, 0.3) is 5.57 Å². The summed E-state index contributed by atoms with van der Waals surface area (Å²) in [5.41, 5.74) is 1.65. The summed E-state index contributed by atoms with van der Waals surface area (Å²) in [7, 11) is 0.0850. The van der Waals surface area contributed by atoms with Gasteiger partial charge in [0.25, 0.3) is 0 Å². The van der Waals surface area contributed by atoms with E-state index in [1.54, 1.807) is 18.2 Å². The molecular formula is C12H15NO3S. The molecule has 5 heteroatoms. The molecule has 0 fully saturated rings. The normalized spacial score (nSPS) is 16.5. The van der Waals surface area contributed by atoms with Crippen molar-refractivity contribution in [2.45, 2.75) is 11.3 Å². The maximum atomic E-state index is 11.9. The molecule has 0 unspecified atom stereocenters. The molecule has 1 N–H and O–H groups in total. The van der Waals surface area contributed by atoms with Gasteiger partial charge >= 0.3 is 0 Å². The minimum Gasteiger partial charge on any atom is -0.497 e. The Morgan fingerprint density at radius 3 is 2.76 bits per heavy atom. The molecular weight excluding hydrogens is 238 g/mol. The molecule has 1 heterocycles. The average molecular weight is 253 g/mol. The van der Waals surface area contributed by atoms with Crippen molar-refractivity contribution in [2.24, 2.45) is 0 Å². The molecule has 17 heavy (non-hydrogen) atoms. The molecule has 0 aromatic heterocycles. The van der Waals surface area contributed by atoms with Crippen LogP contribution in [0.15, 0.2) is 28.5 Å². The molecule has 1 aromatic rings. The lowest BCUT2D eigenvalue weighted by molar-refractivity contribution is 0.413. The van der Waals surface area contributed by atoms with Crippen molar-refractivity contribution in [3.8, 4) is 5.75 Å². The fraction of sp³-hybridized carbons (Fsp3) is 0.333. The van der Waals surface area contributed by atoms with E-state index in [9.17, 15) is 8.42 Å². The van der Waals surface area contributed by atoms with Gasteiger partial charge in [0.1, 0.15) is 5.75 Å². The Balaban J connectivity index is 2.45. The number of ether oxygens (including phenoxy) is 1. The maximum Gasteiger partial charge on any atom is 0.200 e. The van der Waals surface area contributed by atoms with Crippen LogP contribution in [0.1, 0.15) is 12.0 Å². The van der Waals surface area contributed by atoms with Crippen LogP contribution >= 0.6 is 0 Å². The summed E-state index contributed by atoms with van der Waals surface area (Å²) >= 11 is 0. The third-order valence-corrected chi connectivity index (χ3v) is 4.33. The fourth-order valence-corrected chi connectivity index (χ4v) is 3.43. The molecule has 2 rings (SSSR count). The summed E-state index contributed by atoms with van der Waals surface area (Å²) in [5, 5.41) is 4.37. The quantitative estimate of drug-likeness (QED) is 0.882. The van der Waals surface area contributed by atoms with E-state index in [4.69, 9.17) is 4.74 Å².